The first kappa shape index (κ1) is 10.8. The summed E-state index contributed by atoms with van der Waals surface area (Å²) < 4.78 is 0. The second kappa shape index (κ2) is 4.47. The molecule has 90 valence electrons. The molecule has 2 saturated heterocycles. The normalized spacial score (nSPS) is 40.6. The van der Waals surface area contributed by atoms with Crippen LogP contribution in [0.3, 0.4) is 0 Å². The van der Waals surface area contributed by atoms with Crippen LogP contribution >= 0.6 is 0 Å². The maximum Gasteiger partial charge on any atom is 0.0322 e. The lowest BCUT2D eigenvalue weighted by Crippen LogP contribution is -2.42. The van der Waals surface area contributed by atoms with Gasteiger partial charge in [-0.05, 0) is 18.8 Å². The Morgan fingerprint density at radius 1 is 1.31 bits per heavy atom. The largest absolute Gasteiger partial charge is 0.312 e. The molecule has 3 aliphatic rings. The van der Waals surface area contributed by atoms with Crippen LogP contribution in [0.25, 0.3) is 0 Å². The zero-order valence-electron chi connectivity index (χ0n) is 10.2. The summed E-state index contributed by atoms with van der Waals surface area (Å²) in [6, 6.07) is 0.770. The number of piperidine rings is 1. The van der Waals surface area contributed by atoms with E-state index >= 15 is 0 Å². The molecule has 0 aromatic carbocycles. The number of rotatable bonds is 1. The van der Waals surface area contributed by atoms with Gasteiger partial charge in [0, 0.05) is 38.1 Å². The Balaban J connectivity index is 1.74. The van der Waals surface area contributed by atoms with Gasteiger partial charge in [-0.3, -0.25) is 5.43 Å². The number of nitrogens with zero attached hydrogens (tertiary/aromatic N) is 1. The van der Waals surface area contributed by atoms with Crippen molar-refractivity contribution in [1.82, 2.24) is 15.8 Å². The maximum atomic E-state index is 3.59. The molecule has 3 heterocycles. The van der Waals surface area contributed by atoms with Crippen LogP contribution in [0.4, 0.5) is 0 Å². The molecule has 2 N–H and O–H groups in total. The van der Waals surface area contributed by atoms with Crippen molar-refractivity contribution in [2.45, 2.75) is 32.2 Å². The topological polar surface area (TPSA) is 27.3 Å². The molecule has 3 aliphatic heterocycles. The van der Waals surface area contributed by atoms with Crippen molar-refractivity contribution in [1.29, 1.82) is 0 Å². The molecule has 3 heteroatoms. The third-order valence-corrected chi connectivity index (χ3v) is 4.30. The lowest BCUT2D eigenvalue weighted by Gasteiger charge is -2.33. The standard InChI is InChI=1S/C13H23N3/c1-10-6-11(8-14-7-10)12-9-15-16-5-3-2-4-13(12)16/h6,10,12-15H,2-5,7-9H2,1H3/t10-,12?,13?/m0/s1. The van der Waals surface area contributed by atoms with E-state index in [2.05, 4.69) is 28.8 Å². The van der Waals surface area contributed by atoms with E-state index in [9.17, 15) is 0 Å². The zero-order valence-corrected chi connectivity index (χ0v) is 10.2. The quantitative estimate of drug-likeness (QED) is 0.650. The number of nitrogens with one attached hydrogen (secondary N) is 2. The Hall–Kier alpha value is -0.380. The van der Waals surface area contributed by atoms with E-state index in [4.69, 9.17) is 0 Å². The van der Waals surface area contributed by atoms with E-state index in [1.54, 1.807) is 5.57 Å². The van der Waals surface area contributed by atoms with Crippen LogP contribution in [0.5, 0.6) is 0 Å². The van der Waals surface area contributed by atoms with Gasteiger partial charge in [-0.2, -0.15) is 0 Å². The minimum atomic E-state index is 0.710. The molecule has 16 heavy (non-hydrogen) atoms. The fourth-order valence-corrected chi connectivity index (χ4v) is 3.48. The summed E-state index contributed by atoms with van der Waals surface area (Å²) in [5, 5.41) is 6.04. The molecule has 0 saturated carbocycles. The van der Waals surface area contributed by atoms with Crippen molar-refractivity contribution in [3.8, 4) is 0 Å². The molecule has 0 bridgehead atoms. The first-order valence-electron chi connectivity index (χ1n) is 6.76. The molecule has 0 aromatic rings. The fourth-order valence-electron chi connectivity index (χ4n) is 3.48. The zero-order chi connectivity index (χ0) is 11.0. The summed E-state index contributed by atoms with van der Waals surface area (Å²) >= 11 is 0. The maximum absolute atomic E-state index is 3.59. The van der Waals surface area contributed by atoms with Gasteiger partial charge in [-0.25, -0.2) is 5.01 Å². The van der Waals surface area contributed by atoms with Crippen molar-refractivity contribution < 1.29 is 0 Å². The molecule has 3 nitrogen and oxygen atoms in total. The molecule has 3 atom stereocenters. The summed E-state index contributed by atoms with van der Waals surface area (Å²) in [5.41, 5.74) is 5.24. The molecule has 2 fully saturated rings. The van der Waals surface area contributed by atoms with Gasteiger partial charge in [0.15, 0.2) is 0 Å². The van der Waals surface area contributed by atoms with Crippen LogP contribution in [0.2, 0.25) is 0 Å². The van der Waals surface area contributed by atoms with E-state index < -0.39 is 0 Å². The van der Waals surface area contributed by atoms with E-state index in [1.807, 2.05) is 0 Å². The fraction of sp³-hybridized carbons (Fsp3) is 0.846. The summed E-state index contributed by atoms with van der Waals surface area (Å²) in [6.45, 7) is 6.98. The Morgan fingerprint density at radius 3 is 3.12 bits per heavy atom. The lowest BCUT2D eigenvalue weighted by atomic mass is 9.84. The van der Waals surface area contributed by atoms with E-state index in [0.29, 0.717) is 5.92 Å². The van der Waals surface area contributed by atoms with Crippen molar-refractivity contribution in [3.63, 3.8) is 0 Å². The van der Waals surface area contributed by atoms with Gasteiger partial charge < -0.3 is 5.32 Å². The highest BCUT2D eigenvalue weighted by Crippen LogP contribution is 2.31. The van der Waals surface area contributed by atoms with Gasteiger partial charge >= 0.3 is 0 Å². The van der Waals surface area contributed by atoms with Crippen LogP contribution in [0.1, 0.15) is 26.2 Å². The summed E-state index contributed by atoms with van der Waals surface area (Å²) in [6.07, 6.45) is 6.67. The summed E-state index contributed by atoms with van der Waals surface area (Å²) in [4.78, 5) is 0. The number of hydrazine groups is 1. The van der Waals surface area contributed by atoms with Gasteiger partial charge in [0.1, 0.15) is 0 Å². The Morgan fingerprint density at radius 2 is 2.25 bits per heavy atom. The number of hydrogen-bond acceptors (Lipinski definition) is 3. The first-order valence-corrected chi connectivity index (χ1v) is 6.76. The monoisotopic (exact) mass is 221 g/mol. The minimum Gasteiger partial charge on any atom is -0.312 e. The van der Waals surface area contributed by atoms with E-state index in [1.165, 1.54) is 25.8 Å². The molecule has 0 radical (unpaired) electrons. The molecule has 0 spiro atoms. The van der Waals surface area contributed by atoms with E-state index in [-0.39, 0.29) is 0 Å². The molecular formula is C13H23N3. The Kier molecular flexibility index (Phi) is 3.01. The van der Waals surface area contributed by atoms with Crippen LogP contribution in [-0.2, 0) is 0 Å². The highest BCUT2D eigenvalue weighted by atomic mass is 15.5. The Labute approximate surface area is 98.2 Å². The highest BCUT2D eigenvalue weighted by Gasteiger charge is 2.37. The lowest BCUT2D eigenvalue weighted by molar-refractivity contribution is 0.132. The van der Waals surface area contributed by atoms with Crippen molar-refractivity contribution in [3.05, 3.63) is 11.6 Å². The summed E-state index contributed by atoms with van der Waals surface area (Å²) in [7, 11) is 0. The predicted molar refractivity (Wildman–Crippen MR) is 66.0 cm³/mol. The van der Waals surface area contributed by atoms with Crippen LogP contribution in [-0.4, -0.2) is 37.2 Å². The SMILES string of the molecule is C[C@H]1C=C(C2CNN3CCCCC23)CNC1. The van der Waals surface area contributed by atoms with Gasteiger partial charge in [-0.1, -0.05) is 25.0 Å². The third-order valence-electron chi connectivity index (χ3n) is 4.30. The average Bonchev–Trinajstić information content (AvgIpc) is 2.72. The average molecular weight is 221 g/mol. The van der Waals surface area contributed by atoms with Crippen molar-refractivity contribution in [2.75, 3.05) is 26.2 Å². The van der Waals surface area contributed by atoms with Crippen molar-refractivity contribution >= 4 is 0 Å². The Bertz CT molecular complexity index is 287. The first-order chi connectivity index (χ1) is 7.84. The molecular weight excluding hydrogens is 198 g/mol. The van der Waals surface area contributed by atoms with E-state index in [0.717, 1.165) is 31.6 Å². The summed E-state index contributed by atoms with van der Waals surface area (Å²) in [5.74, 6) is 1.47. The van der Waals surface area contributed by atoms with Gasteiger partial charge in [0.25, 0.3) is 0 Å². The number of hydrogen-bond donors (Lipinski definition) is 2. The van der Waals surface area contributed by atoms with Gasteiger partial charge in [0.05, 0.1) is 0 Å². The minimum absolute atomic E-state index is 0.710. The van der Waals surface area contributed by atoms with Crippen LogP contribution < -0.4 is 10.7 Å². The molecule has 2 unspecified atom stereocenters. The molecule has 0 aliphatic carbocycles. The smallest absolute Gasteiger partial charge is 0.0322 e. The number of fused-ring (bicyclic) bond motifs is 1. The van der Waals surface area contributed by atoms with Gasteiger partial charge in [0.2, 0.25) is 0 Å². The third kappa shape index (κ3) is 1.92. The second-order valence-corrected chi connectivity index (χ2v) is 5.58. The highest BCUT2D eigenvalue weighted by molar-refractivity contribution is 5.18. The second-order valence-electron chi connectivity index (χ2n) is 5.58. The predicted octanol–water partition coefficient (Wildman–Crippen LogP) is 1.14. The van der Waals surface area contributed by atoms with Crippen LogP contribution in [0.15, 0.2) is 11.6 Å². The van der Waals surface area contributed by atoms with Crippen LogP contribution in [0, 0.1) is 11.8 Å². The molecule has 0 amide bonds. The van der Waals surface area contributed by atoms with Gasteiger partial charge in [-0.15, -0.1) is 0 Å². The van der Waals surface area contributed by atoms with Crippen molar-refractivity contribution in [2.24, 2.45) is 11.8 Å². The molecule has 3 rings (SSSR count). The molecule has 0 aromatic heterocycles.